The Morgan fingerprint density at radius 2 is 1.80 bits per heavy atom. The van der Waals surface area contributed by atoms with Crippen LogP contribution in [0.4, 0.5) is 5.69 Å². The van der Waals surface area contributed by atoms with Gasteiger partial charge in [0, 0.05) is 40.7 Å². The van der Waals surface area contributed by atoms with Gasteiger partial charge in [-0.05, 0) is 98.7 Å². The number of aliphatic hydroxyl groups is 1. The van der Waals surface area contributed by atoms with Gasteiger partial charge in [-0.2, -0.15) is 5.26 Å². The van der Waals surface area contributed by atoms with E-state index in [1.807, 2.05) is 26.8 Å². The standard InChI is InChI=1S/C29H33N3O2S/c1-20(25(19-30)28(34)31-29(2,3)13-16-33)26-11-12-27(35-26)23-8-7-22-18-24(10-9-21(22)17-23)32-14-5-4-6-15-32/h7-12,17-18,33H,4-6,13-16H2,1-3H3,(H,31,34)/b25-20+. The summed E-state index contributed by atoms with van der Waals surface area (Å²) in [4.78, 5) is 17.2. The molecule has 182 valence electrons. The first-order valence-electron chi connectivity index (χ1n) is 12.2. The summed E-state index contributed by atoms with van der Waals surface area (Å²) >= 11 is 1.58. The van der Waals surface area contributed by atoms with E-state index in [0.29, 0.717) is 12.0 Å². The van der Waals surface area contributed by atoms with Crippen molar-refractivity contribution >= 4 is 39.3 Å². The number of hydrogen-bond donors (Lipinski definition) is 2. The van der Waals surface area contributed by atoms with Crippen LogP contribution in [0.25, 0.3) is 26.8 Å². The number of rotatable bonds is 7. The molecule has 1 fully saturated rings. The molecule has 0 bridgehead atoms. The number of carbonyl (C=O) groups is 1. The number of carbonyl (C=O) groups excluding carboxylic acids is 1. The lowest BCUT2D eigenvalue weighted by molar-refractivity contribution is -0.118. The first-order valence-corrected chi connectivity index (χ1v) is 13.1. The van der Waals surface area contributed by atoms with Gasteiger partial charge >= 0.3 is 0 Å². The lowest BCUT2D eigenvalue weighted by Gasteiger charge is -2.29. The molecule has 0 atom stereocenters. The predicted molar refractivity (Wildman–Crippen MR) is 145 cm³/mol. The van der Waals surface area contributed by atoms with Crippen LogP contribution in [-0.2, 0) is 4.79 Å². The molecule has 1 aromatic heterocycles. The fourth-order valence-electron chi connectivity index (χ4n) is 4.57. The molecule has 2 N–H and O–H groups in total. The number of nitriles is 1. The second kappa shape index (κ2) is 10.6. The molecule has 1 aliphatic heterocycles. The number of benzene rings is 2. The molecular weight excluding hydrogens is 454 g/mol. The van der Waals surface area contributed by atoms with E-state index < -0.39 is 11.4 Å². The van der Waals surface area contributed by atoms with Crippen LogP contribution < -0.4 is 10.2 Å². The number of hydrogen-bond acceptors (Lipinski definition) is 5. The Hall–Kier alpha value is -3.14. The quantitative estimate of drug-likeness (QED) is 0.310. The van der Waals surface area contributed by atoms with Crippen molar-refractivity contribution in [2.75, 3.05) is 24.6 Å². The smallest absolute Gasteiger partial charge is 0.262 e. The van der Waals surface area contributed by atoms with Crippen molar-refractivity contribution in [3.63, 3.8) is 0 Å². The topological polar surface area (TPSA) is 76.4 Å². The molecule has 0 saturated carbocycles. The molecule has 0 aliphatic carbocycles. The molecular formula is C29H33N3O2S. The number of nitrogens with zero attached hydrogens (tertiary/aromatic N) is 2. The molecule has 1 amide bonds. The van der Waals surface area contributed by atoms with Gasteiger partial charge in [-0.25, -0.2) is 0 Å². The maximum absolute atomic E-state index is 12.8. The van der Waals surface area contributed by atoms with Gasteiger partial charge in [-0.15, -0.1) is 11.3 Å². The summed E-state index contributed by atoms with van der Waals surface area (Å²) in [5.41, 5.74) is 2.60. The number of anilines is 1. The molecule has 35 heavy (non-hydrogen) atoms. The molecule has 2 heterocycles. The Labute approximate surface area is 211 Å². The Morgan fingerprint density at radius 3 is 2.51 bits per heavy atom. The van der Waals surface area contributed by atoms with Crippen LogP contribution >= 0.6 is 11.3 Å². The number of piperidine rings is 1. The van der Waals surface area contributed by atoms with Crippen LogP contribution in [0.2, 0.25) is 0 Å². The minimum absolute atomic E-state index is 0.0303. The van der Waals surface area contributed by atoms with Gasteiger partial charge in [-0.3, -0.25) is 4.79 Å². The predicted octanol–water partition coefficient (Wildman–Crippen LogP) is 6.13. The highest BCUT2D eigenvalue weighted by Crippen LogP contribution is 2.35. The number of fused-ring (bicyclic) bond motifs is 1. The van der Waals surface area contributed by atoms with E-state index in [4.69, 9.17) is 0 Å². The zero-order valence-electron chi connectivity index (χ0n) is 20.7. The number of amides is 1. The largest absolute Gasteiger partial charge is 0.396 e. The van der Waals surface area contributed by atoms with Crippen LogP contribution in [0, 0.1) is 11.3 Å². The summed E-state index contributed by atoms with van der Waals surface area (Å²) < 4.78 is 0. The first-order chi connectivity index (χ1) is 16.8. The number of aliphatic hydroxyl groups excluding tert-OH is 1. The van der Waals surface area contributed by atoms with Gasteiger partial charge in [0.25, 0.3) is 5.91 Å². The molecule has 3 aromatic rings. The van der Waals surface area contributed by atoms with Crippen LogP contribution in [0.15, 0.2) is 54.1 Å². The molecule has 1 aliphatic rings. The van der Waals surface area contributed by atoms with Crippen molar-refractivity contribution in [1.29, 1.82) is 5.26 Å². The molecule has 1 saturated heterocycles. The summed E-state index contributed by atoms with van der Waals surface area (Å²) in [5.74, 6) is -0.409. The van der Waals surface area contributed by atoms with E-state index in [9.17, 15) is 15.2 Å². The van der Waals surface area contributed by atoms with E-state index >= 15 is 0 Å². The normalized spacial score (nSPS) is 15.0. The third-order valence-corrected chi connectivity index (χ3v) is 7.96. The van der Waals surface area contributed by atoms with Crippen molar-refractivity contribution in [2.24, 2.45) is 0 Å². The highest BCUT2D eigenvalue weighted by Gasteiger charge is 2.24. The van der Waals surface area contributed by atoms with Gasteiger partial charge in [0.1, 0.15) is 11.6 Å². The molecule has 0 spiro atoms. The highest BCUT2D eigenvalue weighted by molar-refractivity contribution is 7.16. The summed E-state index contributed by atoms with van der Waals surface area (Å²) in [6.07, 6.45) is 4.27. The molecule has 5 nitrogen and oxygen atoms in total. The van der Waals surface area contributed by atoms with E-state index in [1.165, 1.54) is 35.7 Å². The van der Waals surface area contributed by atoms with E-state index in [0.717, 1.165) is 28.4 Å². The van der Waals surface area contributed by atoms with Gasteiger partial charge in [-0.1, -0.05) is 18.2 Å². The summed E-state index contributed by atoms with van der Waals surface area (Å²) in [6, 6.07) is 19.3. The van der Waals surface area contributed by atoms with Crippen molar-refractivity contribution < 1.29 is 9.90 Å². The molecule has 0 unspecified atom stereocenters. The number of nitrogens with one attached hydrogen (secondary N) is 1. The third kappa shape index (κ3) is 5.75. The summed E-state index contributed by atoms with van der Waals surface area (Å²) in [6.45, 7) is 7.73. The molecule has 2 aromatic carbocycles. The molecule has 4 rings (SSSR count). The number of allylic oxidation sites excluding steroid dienone is 1. The summed E-state index contributed by atoms with van der Waals surface area (Å²) in [5, 5.41) is 24.2. The molecule has 6 heteroatoms. The van der Waals surface area contributed by atoms with Crippen molar-refractivity contribution in [3.05, 3.63) is 59.0 Å². The number of thiophene rings is 1. The van der Waals surface area contributed by atoms with Crippen molar-refractivity contribution in [2.45, 2.75) is 52.0 Å². The van der Waals surface area contributed by atoms with Gasteiger partial charge in [0.15, 0.2) is 0 Å². The van der Waals surface area contributed by atoms with E-state index in [-0.39, 0.29) is 12.2 Å². The van der Waals surface area contributed by atoms with Gasteiger partial charge in [0.2, 0.25) is 0 Å². The second-order valence-corrected chi connectivity index (χ2v) is 11.0. The monoisotopic (exact) mass is 487 g/mol. The summed E-state index contributed by atoms with van der Waals surface area (Å²) in [7, 11) is 0. The van der Waals surface area contributed by atoms with Crippen LogP contribution in [0.3, 0.4) is 0 Å². The third-order valence-electron chi connectivity index (χ3n) is 6.71. The Bertz CT molecular complexity index is 1290. The highest BCUT2D eigenvalue weighted by atomic mass is 32.1. The maximum Gasteiger partial charge on any atom is 0.262 e. The fraction of sp³-hybridized carbons (Fsp3) is 0.379. The zero-order chi connectivity index (χ0) is 25.0. The minimum atomic E-state index is -0.590. The minimum Gasteiger partial charge on any atom is -0.396 e. The Morgan fingerprint density at radius 1 is 1.09 bits per heavy atom. The Kier molecular flexibility index (Phi) is 7.59. The average molecular weight is 488 g/mol. The SMILES string of the molecule is C/C(=C(/C#N)C(=O)NC(C)(C)CCO)c1ccc(-c2ccc3cc(N4CCCCC4)ccc3c2)s1. The van der Waals surface area contributed by atoms with Gasteiger partial charge < -0.3 is 15.3 Å². The van der Waals surface area contributed by atoms with E-state index in [1.54, 1.807) is 11.3 Å². The lowest BCUT2D eigenvalue weighted by atomic mass is 9.99. The average Bonchev–Trinajstić information content (AvgIpc) is 3.34. The van der Waals surface area contributed by atoms with Crippen molar-refractivity contribution in [3.8, 4) is 16.5 Å². The van der Waals surface area contributed by atoms with E-state index in [2.05, 4.69) is 58.8 Å². The molecule has 0 radical (unpaired) electrons. The van der Waals surface area contributed by atoms with Crippen LogP contribution in [0.1, 0.15) is 51.3 Å². The lowest BCUT2D eigenvalue weighted by Crippen LogP contribution is -2.44. The zero-order valence-corrected chi connectivity index (χ0v) is 21.5. The van der Waals surface area contributed by atoms with Crippen molar-refractivity contribution in [1.82, 2.24) is 5.32 Å². The Balaban J connectivity index is 1.57. The van der Waals surface area contributed by atoms with Gasteiger partial charge in [0.05, 0.1) is 0 Å². The van der Waals surface area contributed by atoms with Crippen LogP contribution in [0.5, 0.6) is 0 Å². The second-order valence-electron chi connectivity index (χ2n) is 9.88. The maximum atomic E-state index is 12.8. The fourth-order valence-corrected chi connectivity index (χ4v) is 5.58. The first kappa shape index (κ1) is 25.0. The van der Waals surface area contributed by atoms with Crippen LogP contribution in [-0.4, -0.2) is 36.2 Å².